The zero-order valence-electron chi connectivity index (χ0n) is 11.8. The molecule has 0 aromatic carbocycles. The smallest absolute Gasteiger partial charge is 0.238 e. The summed E-state index contributed by atoms with van der Waals surface area (Å²) in [5.74, 6) is 0.537. The van der Waals surface area contributed by atoms with Gasteiger partial charge in [-0.25, -0.2) is 9.97 Å². The van der Waals surface area contributed by atoms with Gasteiger partial charge in [0.2, 0.25) is 11.9 Å². The quantitative estimate of drug-likeness (QED) is 0.819. The van der Waals surface area contributed by atoms with E-state index >= 15 is 0 Å². The number of rotatable bonds is 4. The minimum absolute atomic E-state index is 0.188. The molecule has 1 atom stereocenters. The average molecular weight is 298 g/mol. The summed E-state index contributed by atoms with van der Waals surface area (Å²) in [6.45, 7) is 5.88. The molecule has 1 aromatic heterocycles. The van der Waals surface area contributed by atoms with Gasteiger partial charge in [0, 0.05) is 32.4 Å². The van der Waals surface area contributed by atoms with Crippen molar-refractivity contribution in [1.29, 1.82) is 0 Å². The lowest BCUT2D eigenvalue weighted by molar-refractivity contribution is -0.120. The lowest BCUT2D eigenvalue weighted by Gasteiger charge is -2.32. The molecule has 2 heterocycles. The number of likely N-dealkylation sites (N-methyl/N-ethyl adjacent to an activating group) is 1. The predicted molar refractivity (Wildman–Crippen MR) is 78.9 cm³/mol. The van der Waals surface area contributed by atoms with Crippen LogP contribution in [0, 0.1) is 0 Å². The molecule has 1 fully saturated rings. The highest BCUT2D eigenvalue weighted by atomic mass is 35.5. The maximum Gasteiger partial charge on any atom is 0.238 e. The highest BCUT2D eigenvalue weighted by Crippen LogP contribution is 2.10. The van der Waals surface area contributed by atoms with E-state index in [2.05, 4.69) is 32.1 Å². The molecule has 7 heteroatoms. The Labute approximate surface area is 124 Å². The Bertz CT molecular complexity index is 460. The first-order valence-electron chi connectivity index (χ1n) is 6.73. The Balaban J connectivity index is 1.95. The fraction of sp³-hybridized carbons (Fsp3) is 0.615. The molecule has 2 rings (SSSR count). The number of aromatic nitrogens is 2. The number of hydrogen-bond acceptors (Lipinski definition) is 5. The zero-order chi connectivity index (χ0) is 14.5. The summed E-state index contributed by atoms with van der Waals surface area (Å²) in [7, 11) is 2.11. The van der Waals surface area contributed by atoms with Crippen molar-refractivity contribution in [2.45, 2.75) is 18.8 Å². The van der Waals surface area contributed by atoms with Crippen LogP contribution in [-0.4, -0.2) is 59.4 Å². The first-order valence-corrected chi connectivity index (χ1v) is 7.17. The number of halogens is 1. The summed E-state index contributed by atoms with van der Waals surface area (Å²) in [4.78, 5) is 24.7. The maximum absolute atomic E-state index is 11.4. The first-order chi connectivity index (χ1) is 9.56. The molecule has 0 aliphatic carbocycles. The van der Waals surface area contributed by atoms with Crippen LogP contribution in [0.5, 0.6) is 0 Å². The minimum atomic E-state index is -0.533. The summed E-state index contributed by atoms with van der Waals surface area (Å²) in [5, 5.41) is 2.21. The molecule has 0 radical (unpaired) electrons. The van der Waals surface area contributed by atoms with Crippen LogP contribution in [0.4, 0.5) is 5.95 Å². The Morgan fingerprint density at radius 2 is 2.15 bits per heavy atom. The molecule has 20 heavy (non-hydrogen) atoms. The number of nitrogens with zero attached hydrogens (tertiary/aromatic N) is 4. The van der Waals surface area contributed by atoms with Crippen LogP contribution in [0.15, 0.2) is 12.3 Å². The van der Waals surface area contributed by atoms with Crippen molar-refractivity contribution in [3.8, 4) is 0 Å². The molecule has 1 unspecified atom stereocenters. The van der Waals surface area contributed by atoms with E-state index in [1.165, 1.54) is 0 Å². The second kappa shape index (κ2) is 6.85. The van der Waals surface area contributed by atoms with Crippen LogP contribution in [0.1, 0.15) is 12.6 Å². The fourth-order valence-electron chi connectivity index (χ4n) is 1.96. The number of carbonyl (C=O) groups excluding carboxylic acids is 1. The lowest BCUT2D eigenvalue weighted by Crippen LogP contribution is -2.45. The standard InChI is InChI=1S/C13H20ClN5O/c1-10(14)12(20)16-9-11-3-4-15-13(17-11)19-7-5-18(2)6-8-19/h3-4,10H,5-9H2,1-2H3,(H,16,20). The van der Waals surface area contributed by atoms with Gasteiger partial charge in [0.25, 0.3) is 0 Å². The van der Waals surface area contributed by atoms with Crippen LogP contribution >= 0.6 is 11.6 Å². The second-order valence-electron chi connectivity index (χ2n) is 4.97. The summed E-state index contributed by atoms with van der Waals surface area (Å²) < 4.78 is 0. The molecule has 1 amide bonds. The molecule has 110 valence electrons. The molecule has 1 N–H and O–H groups in total. The van der Waals surface area contributed by atoms with Crippen molar-refractivity contribution in [1.82, 2.24) is 20.2 Å². The molecule has 0 saturated carbocycles. The zero-order valence-corrected chi connectivity index (χ0v) is 12.6. The highest BCUT2D eigenvalue weighted by Gasteiger charge is 2.16. The van der Waals surface area contributed by atoms with Crippen molar-refractivity contribution >= 4 is 23.5 Å². The van der Waals surface area contributed by atoms with Gasteiger partial charge in [-0.05, 0) is 20.0 Å². The van der Waals surface area contributed by atoms with Gasteiger partial charge in [-0.3, -0.25) is 4.79 Å². The molecular formula is C13H20ClN5O. The third kappa shape index (κ3) is 4.05. The van der Waals surface area contributed by atoms with Gasteiger partial charge in [0.15, 0.2) is 0 Å². The number of nitrogens with one attached hydrogen (secondary N) is 1. The van der Waals surface area contributed by atoms with Gasteiger partial charge in [-0.2, -0.15) is 0 Å². The topological polar surface area (TPSA) is 61.4 Å². The van der Waals surface area contributed by atoms with E-state index in [-0.39, 0.29) is 5.91 Å². The van der Waals surface area contributed by atoms with Crippen LogP contribution in [0.3, 0.4) is 0 Å². The molecule has 0 bridgehead atoms. The highest BCUT2D eigenvalue weighted by molar-refractivity contribution is 6.30. The van der Waals surface area contributed by atoms with E-state index in [1.807, 2.05) is 0 Å². The van der Waals surface area contributed by atoms with Crippen molar-refractivity contribution in [2.75, 3.05) is 38.1 Å². The summed E-state index contributed by atoms with van der Waals surface area (Å²) >= 11 is 5.70. The maximum atomic E-state index is 11.4. The molecule has 1 aromatic rings. The summed E-state index contributed by atoms with van der Waals surface area (Å²) in [6.07, 6.45) is 1.73. The van der Waals surface area contributed by atoms with Crippen molar-refractivity contribution in [2.24, 2.45) is 0 Å². The number of piperazine rings is 1. The lowest BCUT2D eigenvalue weighted by atomic mass is 10.3. The van der Waals surface area contributed by atoms with E-state index in [1.54, 1.807) is 19.2 Å². The minimum Gasteiger partial charge on any atom is -0.349 e. The Hall–Kier alpha value is -1.40. The molecule has 1 aliphatic rings. The molecular weight excluding hydrogens is 278 g/mol. The van der Waals surface area contributed by atoms with Crippen LogP contribution in [0.25, 0.3) is 0 Å². The monoisotopic (exact) mass is 297 g/mol. The Morgan fingerprint density at radius 1 is 1.45 bits per heavy atom. The van der Waals surface area contributed by atoms with E-state index < -0.39 is 5.38 Å². The number of hydrogen-bond donors (Lipinski definition) is 1. The fourth-order valence-corrected chi connectivity index (χ4v) is 2.04. The van der Waals surface area contributed by atoms with Gasteiger partial charge < -0.3 is 15.1 Å². The SMILES string of the molecule is CC(Cl)C(=O)NCc1ccnc(N2CCN(C)CC2)n1. The summed E-state index contributed by atoms with van der Waals surface area (Å²) in [6, 6.07) is 1.80. The summed E-state index contributed by atoms with van der Waals surface area (Å²) in [5.41, 5.74) is 0.791. The third-order valence-electron chi connectivity index (χ3n) is 3.29. The van der Waals surface area contributed by atoms with Gasteiger partial charge >= 0.3 is 0 Å². The van der Waals surface area contributed by atoms with Crippen molar-refractivity contribution in [3.05, 3.63) is 18.0 Å². The molecule has 1 saturated heterocycles. The number of amides is 1. The Morgan fingerprint density at radius 3 is 2.80 bits per heavy atom. The van der Waals surface area contributed by atoms with Crippen LogP contribution in [0.2, 0.25) is 0 Å². The normalized spacial score (nSPS) is 17.9. The second-order valence-corrected chi connectivity index (χ2v) is 5.63. The van der Waals surface area contributed by atoms with Gasteiger partial charge in [-0.15, -0.1) is 11.6 Å². The number of anilines is 1. The van der Waals surface area contributed by atoms with E-state index in [0.717, 1.165) is 37.8 Å². The van der Waals surface area contributed by atoms with Gasteiger partial charge in [0.05, 0.1) is 12.2 Å². The number of carbonyl (C=O) groups is 1. The molecule has 1 aliphatic heterocycles. The molecule has 6 nitrogen and oxygen atoms in total. The van der Waals surface area contributed by atoms with Crippen LogP contribution < -0.4 is 10.2 Å². The Kier molecular flexibility index (Phi) is 5.14. The van der Waals surface area contributed by atoms with Crippen molar-refractivity contribution in [3.63, 3.8) is 0 Å². The van der Waals surface area contributed by atoms with E-state index in [4.69, 9.17) is 11.6 Å². The third-order valence-corrected chi connectivity index (χ3v) is 3.49. The predicted octanol–water partition coefficient (Wildman–Crippen LogP) is 0.472. The van der Waals surface area contributed by atoms with Crippen molar-refractivity contribution < 1.29 is 4.79 Å². The molecule has 0 spiro atoms. The first kappa shape index (κ1) is 15.0. The average Bonchev–Trinajstić information content (AvgIpc) is 2.45. The van der Waals surface area contributed by atoms with Gasteiger partial charge in [0.1, 0.15) is 5.38 Å². The van der Waals surface area contributed by atoms with Crippen LogP contribution in [-0.2, 0) is 11.3 Å². The van der Waals surface area contributed by atoms with E-state index in [0.29, 0.717) is 6.54 Å². The van der Waals surface area contributed by atoms with Gasteiger partial charge in [-0.1, -0.05) is 0 Å². The van der Waals surface area contributed by atoms with E-state index in [9.17, 15) is 4.79 Å². The largest absolute Gasteiger partial charge is 0.349 e. The number of alkyl halides is 1.